The Kier molecular flexibility index (Phi) is 5.76. The molecule has 0 aliphatic rings. The summed E-state index contributed by atoms with van der Waals surface area (Å²) in [7, 11) is 0. The molecule has 6 aromatic carbocycles. The molecule has 50 heavy (non-hydrogen) atoms. The molecule has 0 N–H and O–H groups in total. The first-order valence-electron chi connectivity index (χ1n) is 16.6. The number of pyridine rings is 2. The molecule has 232 valence electrons. The van der Waals surface area contributed by atoms with Crippen LogP contribution in [0.2, 0.25) is 0 Å². The Labute approximate surface area is 289 Å². The van der Waals surface area contributed by atoms with Crippen molar-refractivity contribution in [2.24, 2.45) is 0 Å². The lowest BCUT2D eigenvalue weighted by Gasteiger charge is -2.13. The van der Waals surface area contributed by atoms with E-state index in [-0.39, 0.29) is 0 Å². The quantitative estimate of drug-likeness (QED) is 0.178. The highest BCUT2D eigenvalue weighted by Gasteiger charge is 2.21. The highest BCUT2D eigenvalue weighted by molar-refractivity contribution is 7.26. The zero-order valence-electron chi connectivity index (χ0n) is 26.6. The summed E-state index contributed by atoms with van der Waals surface area (Å²) >= 11 is 1.84. The molecule has 0 bridgehead atoms. The number of thiophene rings is 1. The van der Waals surface area contributed by atoms with Crippen molar-refractivity contribution in [2.75, 3.05) is 0 Å². The van der Waals surface area contributed by atoms with Crippen LogP contribution in [0.4, 0.5) is 0 Å². The van der Waals surface area contributed by atoms with Gasteiger partial charge in [-0.15, -0.1) is 11.3 Å². The van der Waals surface area contributed by atoms with Crippen LogP contribution in [0.15, 0.2) is 152 Å². The lowest BCUT2D eigenvalue weighted by atomic mass is 9.97. The van der Waals surface area contributed by atoms with E-state index in [1.807, 2.05) is 41.8 Å². The number of nitrogens with zero attached hydrogens (tertiary/aromatic N) is 5. The maximum Gasteiger partial charge on any atom is 0.235 e. The summed E-state index contributed by atoms with van der Waals surface area (Å²) in [5.41, 5.74) is 8.71. The number of hydrogen-bond acceptors (Lipinski definition) is 5. The molecular formula is C44H25N5S. The largest absolute Gasteiger partial charge is 0.276 e. The Hall–Kier alpha value is -6.50. The average Bonchev–Trinajstić information content (AvgIpc) is 3.73. The first-order chi connectivity index (χ1) is 24.8. The monoisotopic (exact) mass is 655 g/mol. The summed E-state index contributed by atoms with van der Waals surface area (Å²) in [5.74, 6) is 0.615. The van der Waals surface area contributed by atoms with Crippen LogP contribution in [0.1, 0.15) is 0 Å². The van der Waals surface area contributed by atoms with Crippen LogP contribution < -0.4 is 0 Å². The van der Waals surface area contributed by atoms with Crippen molar-refractivity contribution < 1.29 is 0 Å². The van der Waals surface area contributed by atoms with Gasteiger partial charge in [0.05, 0.1) is 39.0 Å². The van der Waals surface area contributed by atoms with Gasteiger partial charge in [0, 0.05) is 59.0 Å². The van der Waals surface area contributed by atoms with Crippen molar-refractivity contribution in [3.8, 4) is 28.5 Å². The molecule has 0 atom stereocenters. The topological polar surface area (TPSA) is 56.5 Å². The van der Waals surface area contributed by atoms with Gasteiger partial charge in [0.15, 0.2) is 0 Å². The Bertz CT molecular complexity index is 3160. The Morgan fingerprint density at radius 1 is 0.460 bits per heavy atom. The molecule has 11 aromatic rings. The van der Waals surface area contributed by atoms with Gasteiger partial charge in [-0.25, -0.2) is 15.0 Å². The van der Waals surface area contributed by atoms with E-state index >= 15 is 0 Å². The number of hydrogen-bond donors (Lipinski definition) is 0. The number of rotatable bonds is 3. The van der Waals surface area contributed by atoms with Crippen LogP contribution in [0.25, 0.3) is 103 Å². The van der Waals surface area contributed by atoms with Crippen LogP contribution in [-0.4, -0.2) is 24.5 Å². The van der Waals surface area contributed by atoms with Crippen molar-refractivity contribution in [2.45, 2.75) is 0 Å². The zero-order chi connectivity index (χ0) is 32.8. The molecule has 0 radical (unpaired) electrons. The van der Waals surface area contributed by atoms with Crippen molar-refractivity contribution in [1.29, 1.82) is 0 Å². The minimum absolute atomic E-state index is 0.615. The summed E-state index contributed by atoms with van der Waals surface area (Å²) in [6.07, 6.45) is 1.86. The summed E-state index contributed by atoms with van der Waals surface area (Å²) in [4.78, 5) is 20.7. The molecule has 6 heteroatoms. The Morgan fingerprint density at radius 2 is 1.20 bits per heavy atom. The van der Waals surface area contributed by atoms with E-state index in [0.717, 1.165) is 66.3 Å². The Balaban J connectivity index is 1.21. The first-order valence-corrected chi connectivity index (χ1v) is 17.5. The molecule has 5 heterocycles. The average molecular weight is 656 g/mol. The molecule has 5 nitrogen and oxygen atoms in total. The molecule has 0 saturated carbocycles. The SMILES string of the molecule is c1ccc(-c2nc(-n3c4ccc(-c5nc6ccccc6c6ccc7c8ccccc8sc7c56)cc4c4ncccc43)nc3ccccc23)cc1. The van der Waals surface area contributed by atoms with Gasteiger partial charge in [-0.05, 0) is 47.9 Å². The van der Waals surface area contributed by atoms with Crippen molar-refractivity contribution in [3.05, 3.63) is 152 Å². The van der Waals surface area contributed by atoms with Crippen molar-refractivity contribution in [1.82, 2.24) is 24.5 Å². The minimum atomic E-state index is 0.615. The summed E-state index contributed by atoms with van der Waals surface area (Å²) in [6.45, 7) is 0. The molecule has 0 amide bonds. The zero-order valence-corrected chi connectivity index (χ0v) is 27.4. The van der Waals surface area contributed by atoms with E-state index in [9.17, 15) is 0 Å². The van der Waals surface area contributed by atoms with Crippen LogP contribution in [0, 0.1) is 0 Å². The number of para-hydroxylation sites is 2. The molecule has 0 aliphatic heterocycles. The Morgan fingerprint density at radius 3 is 2.08 bits per heavy atom. The predicted molar refractivity (Wildman–Crippen MR) is 208 cm³/mol. The maximum absolute atomic E-state index is 5.38. The second-order valence-corrected chi connectivity index (χ2v) is 13.7. The second-order valence-electron chi connectivity index (χ2n) is 12.6. The molecule has 11 rings (SSSR count). The van der Waals surface area contributed by atoms with Crippen LogP contribution >= 0.6 is 11.3 Å². The summed E-state index contributed by atoms with van der Waals surface area (Å²) in [5, 5.41) is 8.15. The van der Waals surface area contributed by atoms with Gasteiger partial charge in [-0.1, -0.05) is 103 Å². The molecule has 5 aromatic heterocycles. The predicted octanol–water partition coefficient (Wildman–Crippen LogP) is 11.5. The van der Waals surface area contributed by atoms with Crippen LogP contribution in [0.5, 0.6) is 0 Å². The number of aromatic nitrogens is 5. The van der Waals surface area contributed by atoms with Crippen molar-refractivity contribution in [3.63, 3.8) is 0 Å². The van der Waals surface area contributed by atoms with E-state index in [4.69, 9.17) is 19.9 Å². The van der Waals surface area contributed by atoms with E-state index in [2.05, 4.69) is 126 Å². The third-order valence-corrected chi connectivity index (χ3v) is 11.0. The van der Waals surface area contributed by atoms with Gasteiger partial charge < -0.3 is 0 Å². The van der Waals surface area contributed by atoms with Gasteiger partial charge in [0.2, 0.25) is 5.95 Å². The smallest absolute Gasteiger partial charge is 0.235 e. The molecular weight excluding hydrogens is 631 g/mol. The highest BCUT2D eigenvalue weighted by Crippen LogP contribution is 2.44. The third-order valence-electron chi connectivity index (χ3n) is 9.84. The highest BCUT2D eigenvalue weighted by atomic mass is 32.1. The minimum Gasteiger partial charge on any atom is -0.276 e. The lowest BCUT2D eigenvalue weighted by Crippen LogP contribution is -2.03. The number of fused-ring (bicyclic) bond motifs is 11. The standard InChI is InChI=1S/C44H25N5S/c1-2-11-26(12-3-1)40-32-15-5-8-17-35(32)47-44(48-40)49-36-23-20-27(25-33(36)42-37(49)18-10-24-45-42)41-39-30(28-13-4-7-16-34(28)46-41)21-22-31-29-14-6-9-19-38(29)50-43(31)39/h1-25H. The maximum atomic E-state index is 5.38. The fourth-order valence-corrected chi connectivity index (χ4v) is 8.86. The number of benzene rings is 6. The molecule has 0 saturated heterocycles. The van der Waals surface area contributed by atoms with Gasteiger partial charge in [-0.3, -0.25) is 9.55 Å². The van der Waals surface area contributed by atoms with Crippen LogP contribution in [0.3, 0.4) is 0 Å². The van der Waals surface area contributed by atoms with Gasteiger partial charge >= 0.3 is 0 Å². The van der Waals surface area contributed by atoms with E-state index < -0.39 is 0 Å². The van der Waals surface area contributed by atoms with Gasteiger partial charge in [-0.2, -0.15) is 0 Å². The van der Waals surface area contributed by atoms with Gasteiger partial charge in [0.1, 0.15) is 0 Å². The third kappa shape index (κ3) is 3.94. The van der Waals surface area contributed by atoms with E-state index in [1.165, 1.54) is 30.9 Å². The fraction of sp³-hybridized carbons (Fsp3) is 0. The van der Waals surface area contributed by atoms with E-state index in [0.29, 0.717) is 5.95 Å². The van der Waals surface area contributed by atoms with E-state index in [1.54, 1.807) is 0 Å². The fourth-order valence-electron chi connectivity index (χ4n) is 7.61. The molecule has 0 fully saturated rings. The van der Waals surface area contributed by atoms with Crippen LogP contribution in [-0.2, 0) is 0 Å². The van der Waals surface area contributed by atoms with Gasteiger partial charge in [0.25, 0.3) is 0 Å². The first kappa shape index (κ1) is 27.5. The lowest BCUT2D eigenvalue weighted by molar-refractivity contribution is 1.01. The normalized spacial score (nSPS) is 12.0. The molecule has 0 aliphatic carbocycles. The molecule has 0 unspecified atom stereocenters. The summed E-state index contributed by atoms with van der Waals surface area (Å²) in [6, 6.07) is 51.0. The summed E-state index contributed by atoms with van der Waals surface area (Å²) < 4.78 is 4.69. The second kappa shape index (κ2) is 10.5. The molecule has 0 spiro atoms. The van der Waals surface area contributed by atoms with Crippen molar-refractivity contribution >= 4 is 86.0 Å².